The average Bonchev–Trinajstić information content (AvgIpc) is 2.98. The summed E-state index contributed by atoms with van der Waals surface area (Å²) in [6.07, 6.45) is 2.49. The zero-order valence-electron chi connectivity index (χ0n) is 13.8. The summed E-state index contributed by atoms with van der Waals surface area (Å²) in [4.78, 5) is 0. The number of sulfone groups is 1. The minimum Gasteiger partial charge on any atom is -0.497 e. The second-order valence-electron chi connectivity index (χ2n) is 5.86. The van der Waals surface area contributed by atoms with E-state index in [4.69, 9.17) is 9.47 Å². The molecule has 1 atom stereocenters. The van der Waals surface area contributed by atoms with E-state index in [-0.39, 0.29) is 17.0 Å². The molecule has 1 aliphatic heterocycles. The highest BCUT2D eigenvalue weighted by atomic mass is 32.2. The van der Waals surface area contributed by atoms with Gasteiger partial charge in [0.1, 0.15) is 5.75 Å². The van der Waals surface area contributed by atoms with E-state index in [1.165, 1.54) is 4.57 Å². The molecule has 7 nitrogen and oxygen atoms in total. The van der Waals surface area contributed by atoms with Crippen molar-refractivity contribution < 1.29 is 17.9 Å². The molecule has 0 saturated carbocycles. The van der Waals surface area contributed by atoms with Crippen molar-refractivity contribution in [1.29, 1.82) is 0 Å². The van der Waals surface area contributed by atoms with Gasteiger partial charge in [-0.3, -0.25) is 0 Å². The zero-order valence-corrected chi connectivity index (χ0v) is 14.6. The summed E-state index contributed by atoms with van der Waals surface area (Å²) in [5.74, 6) is 1.17. The molecule has 1 saturated heterocycles. The van der Waals surface area contributed by atoms with Crippen LogP contribution in [0.3, 0.4) is 0 Å². The summed E-state index contributed by atoms with van der Waals surface area (Å²) in [7, 11) is -0.297. The van der Waals surface area contributed by atoms with Crippen LogP contribution in [0.2, 0.25) is 0 Å². The van der Waals surface area contributed by atoms with Gasteiger partial charge in [-0.05, 0) is 43.5 Å². The lowest BCUT2D eigenvalue weighted by Crippen LogP contribution is -2.28. The van der Waals surface area contributed by atoms with E-state index >= 15 is 0 Å². The van der Waals surface area contributed by atoms with Gasteiger partial charge in [0.25, 0.3) is 0 Å². The summed E-state index contributed by atoms with van der Waals surface area (Å²) >= 11 is 0. The molecule has 1 fully saturated rings. The normalized spacial score (nSPS) is 18.5. The van der Waals surface area contributed by atoms with E-state index in [0.717, 1.165) is 30.6 Å². The summed E-state index contributed by atoms with van der Waals surface area (Å²) in [6, 6.07) is 7.25. The van der Waals surface area contributed by atoms with Crippen molar-refractivity contribution in [3.8, 4) is 17.1 Å². The van der Waals surface area contributed by atoms with Crippen molar-refractivity contribution in [2.75, 3.05) is 19.5 Å². The zero-order chi connectivity index (χ0) is 17.2. The van der Waals surface area contributed by atoms with Crippen LogP contribution in [0.15, 0.2) is 29.4 Å². The first-order valence-corrected chi connectivity index (χ1v) is 9.54. The molecule has 0 radical (unpaired) electrons. The fourth-order valence-corrected chi connectivity index (χ4v) is 4.41. The molecule has 0 N–H and O–H groups in total. The Morgan fingerprint density at radius 3 is 2.62 bits per heavy atom. The highest BCUT2D eigenvalue weighted by Crippen LogP contribution is 2.24. The number of aromatic nitrogens is 3. The summed E-state index contributed by atoms with van der Waals surface area (Å²) in [5.41, 5.74) is 0.779. The monoisotopic (exact) mass is 351 g/mol. The van der Waals surface area contributed by atoms with Gasteiger partial charge in [0.15, 0.2) is 5.82 Å². The number of methoxy groups -OCH3 is 1. The molecule has 0 aliphatic carbocycles. The van der Waals surface area contributed by atoms with E-state index in [0.29, 0.717) is 12.4 Å². The molecular formula is C16H21N3O4S. The van der Waals surface area contributed by atoms with Crippen molar-refractivity contribution in [2.45, 2.75) is 30.5 Å². The smallest absolute Gasteiger partial charge is 0.249 e. The highest BCUT2D eigenvalue weighted by Gasteiger charge is 2.28. The van der Waals surface area contributed by atoms with Crippen LogP contribution >= 0.6 is 0 Å². The van der Waals surface area contributed by atoms with Crippen LogP contribution in [-0.4, -0.2) is 48.8 Å². The Morgan fingerprint density at radius 2 is 2.00 bits per heavy atom. The Kier molecular flexibility index (Phi) is 4.86. The Bertz CT molecular complexity index is 793. The molecule has 0 spiro atoms. The van der Waals surface area contributed by atoms with Crippen molar-refractivity contribution >= 4 is 9.84 Å². The van der Waals surface area contributed by atoms with E-state index in [1.54, 1.807) is 26.3 Å². The Hall–Kier alpha value is -1.93. The molecule has 8 heteroatoms. The lowest BCUT2D eigenvalue weighted by molar-refractivity contribution is 0.0304. The summed E-state index contributed by atoms with van der Waals surface area (Å²) in [6.45, 7) is 0.621. The minimum atomic E-state index is -3.55. The molecule has 130 valence electrons. The second-order valence-corrected chi connectivity index (χ2v) is 7.79. The van der Waals surface area contributed by atoms with Gasteiger partial charge in [0.2, 0.25) is 15.0 Å². The largest absolute Gasteiger partial charge is 0.497 e. The predicted molar refractivity (Wildman–Crippen MR) is 88.6 cm³/mol. The molecule has 0 unspecified atom stereocenters. The van der Waals surface area contributed by atoms with E-state index in [2.05, 4.69) is 10.2 Å². The third-order valence-corrected chi connectivity index (χ3v) is 5.86. The van der Waals surface area contributed by atoms with Gasteiger partial charge in [-0.15, -0.1) is 10.2 Å². The van der Waals surface area contributed by atoms with Crippen LogP contribution in [0.1, 0.15) is 19.3 Å². The molecule has 1 aromatic heterocycles. The van der Waals surface area contributed by atoms with Gasteiger partial charge >= 0.3 is 0 Å². The average molecular weight is 351 g/mol. The Labute approximate surface area is 141 Å². The van der Waals surface area contributed by atoms with Crippen LogP contribution in [0.25, 0.3) is 11.4 Å². The number of hydrogen-bond donors (Lipinski definition) is 0. The van der Waals surface area contributed by atoms with Crippen LogP contribution in [0.5, 0.6) is 5.75 Å². The third kappa shape index (κ3) is 3.44. The minimum absolute atomic E-state index is 0.0255. The molecule has 0 amide bonds. The predicted octanol–water partition coefficient (Wildman–Crippen LogP) is 1.83. The molecule has 3 rings (SSSR count). The molecular weight excluding hydrogens is 330 g/mol. The second kappa shape index (κ2) is 6.90. The maximum Gasteiger partial charge on any atom is 0.249 e. The van der Waals surface area contributed by atoms with Crippen LogP contribution < -0.4 is 4.74 Å². The van der Waals surface area contributed by atoms with Crippen LogP contribution in [0.4, 0.5) is 0 Å². The van der Waals surface area contributed by atoms with Crippen molar-refractivity contribution in [2.24, 2.45) is 7.05 Å². The summed E-state index contributed by atoms with van der Waals surface area (Å²) < 4.78 is 37.5. The van der Waals surface area contributed by atoms with Gasteiger partial charge in [0, 0.05) is 19.2 Å². The first-order chi connectivity index (χ1) is 11.5. The number of hydrogen-bond acceptors (Lipinski definition) is 6. The summed E-state index contributed by atoms with van der Waals surface area (Å²) in [5, 5.41) is 7.94. The lowest BCUT2D eigenvalue weighted by Gasteiger charge is -2.21. The quantitative estimate of drug-likeness (QED) is 0.817. The number of rotatable bonds is 5. The van der Waals surface area contributed by atoms with Crippen molar-refractivity contribution in [3.05, 3.63) is 24.3 Å². The lowest BCUT2D eigenvalue weighted by atomic mass is 10.1. The van der Waals surface area contributed by atoms with Gasteiger partial charge in [-0.2, -0.15) is 0 Å². The van der Waals surface area contributed by atoms with Crippen molar-refractivity contribution in [1.82, 2.24) is 14.8 Å². The van der Waals surface area contributed by atoms with Gasteiger partial charge in [-0.1, -0.05) is 0 Å². The molecule has 0 bridgehead atoms. The standard InChI is InChI=1S/C16H21N3O4S/c1-19-15(12-6-8-13(22-2)9-7-12)17-18-16(19)24(20,21)11-14-5-3-4-10-23-14/h6-9,14H,3-5,10-11H2,1-2H3/t14-/m0/s1. The van der Waals surface area contributed by atoms with Gasteiger partial charge in [0.05, 0.1) is 19.0 Å². The fourth-order valence-electron chi connectivity index (χ4n) is 2.84. The van der Waals surface area contributed by atoms with E-state index in [1.807, 2.05) is 12.1 Å². The van der Waals surface area contributed by atoms with Crippen molar-refractivity contribution in [3.63, 3.8) is 0 Å². The topological polar surface area (TPSA) is 83.3 Å². The van der Waals surface area contributed by atoms with Crippen LogP contribution in [0, 0.1) is 0 Å². The number of ether oxygens (including phenoxy) is 2. The molecule has 2 aromatic rings. The van der Waals surface area contributed by atoms with Gasteiger partial charge in [-0.25, -0.2) is 8.42 Å². The van der Waals surface area contributed by atoms with E-state index < -0.39 is 9.84 Å². The third-order valence-electron chi connectivity index (χ3n) is 4.14. The SMILES string of the molecule is COc1ccc(-c2nnc(S(=O)(=O)C[C@@H]3CCCCO3)n2C)cc1. The molecule has 24 heavy (non-hydrogen) atoms. The Balaban J connectivity index is 1.85. The molecule has 1 aromatic carbocycles. The van der Waals surface area contributed by atoms with E-state index in [9.17, 15) is 8.42 Å². The van der Waals surface area contributed by atoms with Gasteiger partial charge < -0.3 is 14.0 Å². The van der Waals surface area contributed by atoms with Crippen LogP contribution in [-0.2, 0) is 21.6 Å². The maximum atomic E-state index is 12.6. The first kappa shape index (κ1) is 16.9. The molecule has 2 heterocycles. The highest BCUT2D eigenvalue weighted by molar-refractivity contribution is 7.91. The maximum absolute atomic E-state index is 12.6. The molecule has 1 aliphatic rings. The fraction of sp³-hybridized carbons (Fsp3) is 0.500. The number of benzene rings is 1. The Morgan fingerprint density at radius 1 is 1.25 bits per heavy atom. The number of nitrogens with zero attached hydrogens (tertiary/aromatic N) is 3. The first-order valence-electron chi connectivity index (χ1n) is 7.89.